The molecule has 0 spiro atoms. The predicted molar refractivity (Wildman–Crippen MR) is 52.6 cm³/mol. The smallest absolute Gasteiger partial charge is 0.0462 e. The molecule has 0 atom stereocenters. The maximum absolute atomic E-state index is 5.96. The Labute approximate surface area is 79.7 Å². The molecule has 0 aromatic heterocycles. The molecular formula is C10H17ClO. The number of rotatable bonds is 5. The Hall–Kier alpha value is -0.0100. The summed E-state index contributed by atoms with van der Waals surface area (Å²) in [6.45, 7) is 0.860. The van der Waals surface area contributed by atoms with Gasteiger partial charge in [0.2, 0.25) is 0 Å². The second-order valence-electron chi connectivity index (χ2n) is 3.61. The van der Waals surface area contributed by atoms with Crippen molar-refractivity contribution in [2.45, 2.75) is 25.7 Å². The summed E-state index contributed by atoms with van der Waals surface area (Å²) < 4.78 is 5.03. The first-order valence-corrected chi connectivity index (χ1v) is 5.06. The minimum absolute atomic E-state index is 0.361. The fraction of sp³-hybridized carbons (Fsp3) is 0.800. The highest BCUT2D eigenvalue weighted by molar-refractivity contribution is 6.18. The number of alkyl halides is 1. The number of allylic oxidation sites excluding steroid dienone is 2. The number of hydrogen-bond donors (Lipinski definition) is 0. The molecule has 0 radical (unpaired) electrons. The minimum atomic E-state index is 0.361. The van der Waals surface area contributed by atoms with E-state index in [2.05, 4.69) is 12.2 Å². The van der Waals surface area contributed by atoms with Gasteiger partial charge in [-0.05, 0) is 31.1 Å². The molecule has 1 aliphatic carbocycles. The molecule has 0 bridgehead atoms. The summed E-state index contributed by atoms with van der Waals surface area (Å²) in [7, 11) is 1.75. The highest BCUT2D eigenvalue weighted by Gasteiger charge is 2.28. The number of ether oxygens (including phenoxy) is 1. The van der Waals surface area contributed by atoms with Crippen LogP contribution in [0.2, 0.25) is 0 Å². The lowest BCUT2D eigenvalue weighted by Crippen LogP contribution is -2.19. The van der Waals surface area contributed by atoms with Gasteiger partial charge in [-0.15, -0.1) is 11.6 Å². The standard InChI is InChI=1S/C10H17ClO/c1-12-8-4-7-10(9-11)5-2-3-6-10/h2-3H,4-9H2,1H3. The third-order valence-corrected chi connectivity index (χ3v) is 3.17. The molecule has 0 N–H and O–H groups in total. The van der Waals surface area contributed by atoms with Gasteiger partial charge >= 0.3 is 0 Å². The molecule has 0 heterocycles. The summed E-state index contributed by atoms with van der Waals surface area (Å²) in [6.07, 6.45) is 9.12. The maximum Gasteiger partial charge on any atom is 0.0462 e. The van der Waals surface area contributed by atoms with Gasteiger partial charge in [-0.1, -0.05) is 12.2 Å². The molecular weight excluding hydrogens is 172 g/mol. The lowest BCUT2D eigenvalue weighted by atomic mass is 9.83. The Morgan fingerprint density at radius 3 is 2.58 bits per heavy atom. The Kier molecular flexibility index (Phi) is 4.10. The van der Waals surface area contributed by atoms with E-state index < -0.39 is 0 Å². The van der Waals surface area contributed by atoms with E-state index in [0.29, 0.717) is 5.41 Å². The Morgan fingerprint density at radius 1 is 1.42 bits per heavy atom. The van der Waals surface area contributed by atoms with Crippen LogP contribution >= 0.6 is 11.6 Å². The van der Waals surface area contributed by atoms with E-state index in [4.69, 9.17) is 16.3 Å². The summed E-state index contributed by atoms with van der Waals surface area (Å²) in [4.78, 5) is 0. The third-order valence-electron chi connectivity index (χ3n) is 2.61. The molecule has 1 aliphatic rings. The van der Waals surface area contributed by atoms with Crippen molar-refractivity contribution < 1.29 is 4.74 Å². The summed E-state index contributed by atoms with van der Waals surface area (Å²) >= 11 is 5.96. The Balaban J connectivity index is 2.25. The normalized spacial score (nSPS) is 20.2. The van der Waals surface area contributed by atoms with Gasteiger partial charge in [0.15, 0.2) is 0 Å². The van der Waals surface area contributed by atoms with Crippen LogP contribution in [0.15, 0.2) is 12.2 Å². The highest BCUT2D eigenvalue weighted by atomic mass is 35.5. The molecule has 70 valence electrons. The highest BCUT2D eigenvalue weighted by Crippen LogP contribution is 2.38. The Bertz CT molecular complexity index is 146. The molecule has 12 heavy (non-hydrogen) atoms. The fourth-order valence-corrected chi connectivity index (χ4v) is 2.07. The molecule has 0 fully saturated rings. The van der Waals surface area contributed by atoms with Crippen molar-refractivity contribution >= 4 is 11.6 Å². The van der Waals surface area contributed by atoms with E-state index in [9.17, 15) is 0 Å². The monoisotopic (exact) mass is 188 g/mol. The van der Waals surface area contributed by atoms with Crippen LogP contribution in [0.25, 0.3) is 0 Å². The fourth-order valence-electron chi connectivity index (χ4n) is 1.72. The Morgan fingerprint density at radius 2 is 2.08 bits per heavy atom. The van der Waals surface area contributed by atoms with Gasteiger partial charge in [-0.25, -0.2) is 0 Å². The average molecular weight is 189 g/mol. The zero-order valence-electron chi connectivity index (χ0n) is 7.68. The van der Waals surface area contributed by atoms with Crippen LogP contribution in [-0.4, -0.2) is 19.6 Å². The van der Waals surface area contributed by atoms with Crippen LogP contribution in [0.4, 0.5) is 0 Å². The van der Waals surface area contributed by atoms with Crippen molar-refractivity contribution in [3.63, 3.8) is 0 Å². The molecule has 1 rings (SSSR count). The zero-order chi connectivity index (χ0) is 8.86. The second-order valence-corrected chi connectivity index (χ2v) is 3.88. The number of hydrogen-bond acceptors (Lipinski definition) is 1. The molecule has 2 heteroatoms. The average Bonchev–Trinajstić information content (AvgIpc) is 2.55. The van der Waals surface area contributed by atoms with Gasteiger partial charge in [0, 0.05) is 19.6 Å². The van der Waals surface area contributed by atoms with E-state index in [-0.39, 0.29) is 0 Å². The second kappa shape index (κ2) is 4.88. The van der Waals surface area contributed by atoms with E-state index >= 15 is 0 Å². The zero-order valence-corrected chi connectivity index (χ0v) is 8.44. The van der Waals surface area contributed by atoms with E-state index in [0.717, 1.165) is 31.7 Å². The van der Waals surface area contributed by atoms with Crippen LogP contribution < -0.4 is 0 Å². The topological polar surface area (TPSA) is 9.23 Å². The van der Waals surface area contributed by atoms with Crippen LogP contribution in [0, 0.1) is 5.41 Å². The van der Waals surface area contributed by atoms with Crippen LogP contribution in [0.3, 0.4) is 0 Å². The molecule has 0 aromatic carbocycles. The first-order valence-electron chi connectivity index (χ1n) is 4.53. The number of halogens is 1. The van der Waals surface area contributed by atoms with Crippen LogP contribution in [0.5, 0.6) is 0 Å². The van der Waals surface area contributed by atoms with Gasteiger partial charge in [0.25, 0.3) is 0 Å². The van der Waals surface area contributed by atoms with Crippen molar-refractivity contribution in [1.82, 2.24) is 0 Å². The summed E-state index contributed by atoms with van der Waals surface area (Å²) in [5.41, 5.74) is 0.361. The number of methoxy groups -OCH3 is 1. The minimum Gasteiger partial charge on any atom is -0.385 e. The predicted octanol–water partition coefficient (Wildman–Crippen LogP) is 2.99. The first kappa shape index (κ1) is 10.1. The van der Waals surface area contributed by atoms with Crippen molar-refractivity contribution in [3.05, 3.63) is 12.2 Å². The summed E-state index contributed by atoms with van der Waals surface area (Å²) in [5, 5.41) is 0. The van der Waals surface area contributed by atoms with Crippen LogP contribution in [0.1, 0.15) is 25.7 Å². The van der Waals surface area contributed by atoms with Gasteiger partial charge in [0.05, 0.1) is 0 Å². The maximum atomic E-state index is 5.96. The SMILES string of the molecule is COCCCC1(CCl)CC=CC1. The quantitative estimate of drug-likeness (QED) is 0.366. The van der Waals surface area contributed by atoms with Gasteiger partial charge in [-0.2, -0.15) is 0 Å². The van der Waals surface area contributed by atoms with Gasteiger partial charge < -0.3 is 4.74 Å². The van der Waals surface area contributed by atoms with Crippen molar-refractivity contribution in [1.29, 1.82) is 0 Å². The van der Waals surface area contributed by atoms with Crippen LogP contribution in [-0.2, 0) is 4.74 Å². The van der Waals surface area contributed by atoms with E-state index in [1.165, 1.54) is 6.42 Å². The van der Waals surface area contributed by atoms with Gasteiger partial charge in [0.1, 0.15) is 0 Å². The molecule has 0 saturated heterocycles. The van der Waals surface area contributed by atoms with Crippen molar-refractivity contribution in [2.24, 2.45) is 5.41 Å². The molecule has 1 nitrogen and oxygen atoms in total. The molecule has 0 aromatic rings. The summed E-state index contributed by atoms with van der Waals surface area (Å²) in [6, 6.07) is 0. The van der Waals surface area contributed by atoms with Crippen molar-refractivity contribution in [3.8, 4) is 0 Å². The molecule has 0 unspecified atom stereocenters. The van der Waals surface area contributed by atoms with Crippen molar-refractivity contribution in [2.75, 3.05) is 19.6 Å². The lowest BCUT2D eigenvalue weighted by Gasteiger charge is -2.25. The lowest BCUT2D eigenvalue weighted by molar-refractivity contribution is 0.174. The molecule has 0 aliphatic heterocycles. The van der Waals surface area contributed by atoms with Gasteiger partial charge in [-0.3, -0.25) is 0 Å². The third kappa shape index (κ3) is 2.49. The largest absolute Gasteiger partial charge is 0.385 e. The van der Waals surface area contributed by atoms with E-state index in [1.54, 1.807) is 7.11 Å². The summed E-state index contributed by atoms with van der Waals surface area (Å²) in [5.74, 6) is 0.781. The molecule has 0 amide bonds. The first-order chi connectivity index (χ1) is 5.83. The van der Waals surface area contributed by atoms with E-state index in [1.807, 2.05) is 0 Å². The molecule has 0 saturated carbocycles.